The maximum absolute atomic E-state index is 11.6. The Morgan fingerprint density at radius 3 is 2.55 bits per heavy atom. The Morgan fingerprint density at radius 2 is 1.90 bits per heavy atom. The van der Waals surface area contributed by atoms with E-state index in [0.29, 0.717) is 10.9 Å². The number of aromatic carboxylic acids is 1. The van der Waals surface area contributed by atoms with E-state index in [9.17, 15) is 14.7 Å². The van der Waals surface area contributed by atoms with Gasteiger partial charge in [0.25, 0.3) is 5.91 Å². The molecule has 0 spiro atoms. The lowest BCUT2D eigenvalue weighted by molar-refractivity contribution is 0.0695. The van der Waals surface area contributed by atoms with Gasteiger partial charge in [0.05, 0.1) is 16.6 Å². The number of amides is 1. The first kappa shape index (κ1) is 12.0. The Morgan fingerprint density at radius 1 is 1.20 bits per heavy atom. The van der Waals surface area contributed by atoms with Gasteiger partial charge in [-0.25, -0.2) is 4.79 Å². The van der Waals surface area contributed by atoms with E-state index in [1.807, 2.05) is 0 Å². The van der Waals surface area contributed by atoms with Gasteiger partial charge in [-0.2, -0.15) is 0 Å². The van der Waals surface area contributed by atoms with Crippen molar-refractivity contribution in [3.05, 3.63) is 47.7 Å². The Labute approximate surface area is 112 Å². The molecule has 1 aromatic carbocycles. The fourth-order valence-corrected chi connectivity index (χ4v) is 2.41. The number of primary amides is 1. The molecule has 3 aromatic rings. The standard InChI is InChI=1S/C14H10N2O4/c15-13(18)11-8-3-1-2-4-9(8)16-6-7(14(19)20)5-10(17)12(11)16/h1-6,17H,(H2,15,18)(H,19,20). The van der Waals surface area contributed by atoms with Gasteiger partial charge < -0.3 is 20.3 Å². The number of nitrogens with two attached hydrogens (primary N) is 1. The number of carbonyl (C=O) groups excluding carboxylic acids is 1. The highest BCUT2D eigenvalue weighted by molar-refractivity contribution is 6.14. The molecule has 2 heterocycles. The van der Waals surface area contributed by atoms with Gasteiger partial charge in [0.1, 0.15) is 11.3 Å². The molecular weight excluding hydrogens is 260 g/mol. The number of carboxylic acids is 1. The number of hydrogen-bond acceptors (Lipinski definition) is 3. The van der Waals surface area contributed by atoms with Crippen LogP contribution in [-0.2, 0) is 0 Å². The Hall–Kier alpha value is -3.02. The molecular formula is C14H10N2O4. The fourth-order valence-electron chi connectivity index (χ4n) is 2.41. The van der Waals surface area contributed by atoms with Gasteiger partial charge in [0, 0.05) is 11.6 Å². The molecule has 20 heavy (non-hydrogen) atoms. The number of nitrogens with zero attached hydrogens (tertiary/aromatic N) is 1. The molecule has 0 aliphatic heterocycles. The molecule has 0 radical (unpaired) electrons. The number of benzene rings is 1. The Bertz CT molecular complexity index is 880. The van der Waals surface area contributed by atoms with Crippen LogP contribution < -0.4 is 5.73 Å². The summed E-state index contributed by atoms with van der Waals surface area (Å²) in [5.41, 5.74) is 6.29. The number of aromatic hydroxyl groups is 1. The fraction of sp³-hybridized carbons (Fsp3) is 0. The molecule has 4 N–H and O–H groups in total. The van der Waals surface area contributed by atoms with E-state index < -0.39 is 11.9 Å². The van der Waals surface area contributed by atoms with Crippen molar-refractivity contribution in [1.82, 2.24) is 4.40 Å². The predicted octanol–water partition coefficient (Wildman–Crippen LogP) is 1.60. The smallest absolute Gasteiger partial charge is 0.337 e. The topological polar surface area (TPSA) is 105 Å². The number of fused-ring (bicyclic) bond motifs is 3. The van der Waals surface area contributed by atoms with E-state index in [2.05, 4.69) is 0 Å². The van der Waals surface area contributed by atoms with Crippen molar-refractivity contribution >= 4 is 28.3 Å². The van der Waals surface area contributed by atoms with Crippen molar-refractivity contribution in [2.24, 2.45) is 5.73 Å². The van der Waals surface area contributed by atoms with E-state index in [1.165, 1.54) is 10.6 Å². The lowest BCUT2D eigenvalue weighted by Gasteiger charge is -2.03. The Balaban J connectivity index is 2.59. The number of carbonyl (C=O) groups is 2. The summed E-state index contributed by atoms with van der Waals surface area (Å²) in [6.07, 6.45) is 1.35. The molecule has 0 atom stereocenters. The summed E-state index contributed by atoms with van der Waals surface area (Å²) < 4.78 is 1.47. The van der Waals surface area contributed by atoms with Crippen molar-refractivity contribution in [3.63, 3.8) is 0 Å². The van der Waals surface area contributed by atoms with Gasteiger partial charge in [-0.3, -0.25) is 4.79 Å². The third-order valence-corrected chi connectivity index (χ3v) is 3.21. The van der Waals surface area contributed by atoms with Crippen LogP contribution >= 0.6 is 0 Å². The van der Waals surface area contributed by atoms with E-state index in [1.54, 1.807) is 24.3 Å². The molecule has 0 saturated carbocycles. The van der Waals surface area contributed by atoms with Crippen molar-refractivity contribution < 1.29 is 19.8 Å². The predicted molar refractivity (Wildman–Crippen MR) is 72.0 cm³/mol. The van der Waals surface area contributed by atoms with Gasteiger partial charge in [0.2, 0.25) is 0 Å². The Kier molecular flexibility index (Phi) is 2.40. The maximum atomic E-state index is 11.6. The average Bonchev–Trinajstić information content (AvgIpc) is 2.74. The summed E-state index contributed by atoms with van der Waals surface area (Å²) >= 11 is 0. The number of hydrogen-bond donors (Lipinski definition) is 3. The van der Waals surface area contributed by atoms with Crippen LogP contribution in [0, 0.1) is 0 Å². The molecule has 0 aliphatic carbocycles. The van der Waals surface area contributed by atoms with Crippen LogP contribution in [0.4, 0.5) is 0 Å². The lowest BCUT2D eigenvalue weighted by atomic mass is 10.1. The van der Waals surface area contributed by atoms with Crippen molar-refractivity contribution in [2.75, 3.05) is 0 Å². The van der Waals surface area contributed by atoms with Gasteiger partial charge in [-0.1, -0.05) is 18.2 Å². The zero-order valence-electron chi connectivity index (χ0n) is 10.2. The first-order valence-electron chi connectivity index (χ1n) is 5.79. The summed E-state index contributed by atoms with van der Waals surface area (Å²) in [6.45, 7) is 0. The lowest BCUT2D eigenvalue weighted by Crippen LogP contribution is -2.11. The molecule has 0 bridgehead atoms. The van der Waals surface area contributed by atoms with E-state index in [-0.39, 0.29) is 22.4 Å². The molecule has 100 valence electrons. The first-order valence-corrected chi connectivity index (χ1v) is 5.79. The minimum Gasteiger partial charge on any atom is -0.506 e. The molecule has 1 amide bonds. The molecule has 0 saturated heterocycles. The molecule has 2 aromatic heterocycles. The molecule has 0 fully saturated rings. The normalized spacial score (nSPS) is 11.0. The van der Waals surface area contributed by atoms with Crippen LogP contribution in [0.5, 0.6) is 5.75 Å². The summed E-state index contributed by atoms with van der Waals surface area (Å²) in [4.78, 5) is 22.7. The molecule has 6 heteroatoms. The number of para-hydroxylation sites is 1. The summed E-state index contributed by atoms with van der Waals surface area (Å²) in [6, 6.07) is 8.01. The molecule has 0 aliphatic rings. The van der Waals surface area contributed by atoms with E-state index in [0.717, 1.165) is 6.07 Å². The largest absolute Gasteiger partial charge is 0.506 e. The molecule has 0 unspecified atom stereocenters. The van der Waals surface area contributed by atoms with Gasteiger partial charge in [-0.15, -0.1) is 0 Å². The number of aromatic nitrogens is 1. The van der Waals surface area contributed by atoms with Gasteiger partial charge in [0.15, 0.2) is 0 Å². The highest BCUT2D eigenvalue weighted by Gasteiger charge is 2.20. The molecule has 6 nitrogen and oxygen atoms in total. The second-order valence-corrected chi connectivity index (χ2v) is 4.39. The maximum Gasteiger partial charge on any atom is 0.337 e. The van der Waals surface area contributed by atoms with Crippen LogP contribution in [0.3, 0.4) is 0 Å². The van der Waals surface area contributed by atoms with Crippen LogP contribution in [0.1, 0.15) is 20.7 Å². The van der Waals surface area contributed by atoms with E-state index >= 15 is 0 Å². The van der Waals surface area contributed by atoms with Crippen LogP contribution in [0.2, 0.25) is 0 Å². The second-order valence-electron chi connectivity index (χ2n) is 4.39. The monoisotopic (exact) mass is 270 g/mol. The number of rotatable bonds is 2. The van der Waals surface area contributed by atoms with Crippen molar-refractivity contribution in [3.8, 4) is 5.75 Å². The van der Waals surface area contributed by atoms with E-state index in [4.69, 9.17) is 10.8 Å². The highest BCUT2D eigenvalue weighted by atomic mass is 16.4. The third kappa shape index (κ3) is 1.51. The third-order valence-electron chi connectivity index (χ3n) is 3.21. The second kappa shape index (κ2) is 3.99. The molecule has 3 rings (SSSR count). The summed E-state index contributed by atoms with van der Waals surface area (Å²) in [5, 5.41) is 19.6. The van der Waals surface area contributed by atoms with Crippen LogP contribution in [0.15, 0.2) is 36.5 Å². The first-order chi connectivity index (χ1) is 9.50. The van der Waals surface area contributed by atoms with Crippen LogP contribution in [0.25, 0.3) is 16.4 Å². The summed E-state index contributed by atoms with van der Waals surface area (Å²) in [7, 11) is 0. The van der Waals surface area contributed by atoms with Crippen molar-refractivity contribution in [2.45, 2.75) is 0 Å². The number of carboxylic acid groups (broad SMARTS) is 1. The van der Waals surface area contributed by atoms with Gasteiger partial charge in [-0.05, 0) is 12.1 Å². The average molecular weight is 270 g/mol. The zero-order valence-corrected chi connectivity index (χ0v) is 10.2. The SMILES string of the molecule is NC(=O)c1c2ccccc2n2cc(C(=O)O)cc(O)c12. The zero-order chi connectivity index (χ0) is 14.4. The summed E-state index contributed by atoms with van der Waals surface area (Å²) in [5.74, 6) is -2.14. The number of pyridine rings is 1. The minimum atomic E-state index is -1.17. The quantitative estimate of drug-likeness (QED) is 0.657. The minimum absolute atomic E-state index is 0.0771. The van der Waals surface area contributed by atoms with Gasteiger partial charge >= 0.3 is 5.97 Å². The van der Waals surface area contributed by atoms with Crippen molar-refractivity contribution in [1.29, 1.82) is 0 Å². The van der Waals surface area contributed by atoms with Crippen LogP contribution in [-0.4, -0.2) is 26.5 Å². The highest BCUT2D eigenvalue weighted by Crippen LogP contribution is 2.32.